The van der Waals surface area contributed by atoms with Crippen molar-refractivity contribution in [2.24, 2.45) is 0 Å². The summed E-state index contributed by atoms with van der Waals surface area (Å²) in [5.74, 6) is 1.64. The van der Waals surface area contributed by atoms with Gasteiger partial charge in [-0.1, -0.05) is 0 Å². The predicted molar refractivity (Wildman–Crippen MR) is 65.6 cm³/mol. The molecular formula is C13H14N2O2. The van der Waals surface area contributed by atoms with Gasteiger partial charge in [0.05, 0.1) is 0 Å². The highest BCUT2D eigenvalue weighted by Crippen LogP contribution is 2.32. The summed E-state index contributed by atoms with van der Waals surface area (Å²) in [6, 6.07) is 7.96. The Bertz CT molecular complexity index is 494. The fourth-order valence-electron chi connectivity index (χ4n) is 1.83. The molecule has 1 aromatic heterocycles. The smallest absolute Gasteiger partial charge is 0.163 e. The topological polar surface area (TPSA) is 46.3 Å². The lowest BCUT2D eigenvalue weighted by atomic mass is 10.2. The number of H-pyrrole nitrogens is 1. The molecule has 0 saturated heterocycles. The van der Waals surface area contributed by atoms with Crippen LogP contribution in [0.3, 0.4) is 0 Å². The Morgan fingerprint density at radius 2 is 2.00 bits per heavy atom. The molecule has 4 heteroatoms. The zero-order chi connectivity index (χ0) is 11.5. The molecule has 3 rings (SSSR count). The minimum absolute atomic E-state index is 0.619. The highest BCUT2D eigenvalue weighted by atomic mass is 16.6. The number of aromatic nitrogens is 1. The van der Waals surface area contributed by atoms with E-state index in [0.29, 0.717) is 13.2 Å². The summed E-state index contributed by atoms with van der Waals surface area (Å²) in [6.45, 7) is 2.04. The molecule has 4 nitrogen and oxygen atoms in total. The van der Waals surface area contributed by atoms with E-state index in [-0.39, 0.29) is 0 Å². The normalized spacial score (nSPS) is 13.4. The summed E-state index contributed by atoms with van der Waals surface area (Å²) in [5.41, 5.74) is 2.26. The molecule has 1 aromatic carbocycles. The molecule has 0 saturated carbocycles. The van der Waals surface area contributed by atoms with Crippen LogP contribution in [0.15, 0.2) is 36.7 Å². The molecule has 0 bridgehead atoms. The molecule has 2 N–H and O–H groups in total. The van der Waals surface area contributed by atoms with E-state index in [1.807, 2.05) is 36.7 Å². The van der Waals surface area contributed by atoms with Crippen molar-refractivity contribution >= 4 is 5.69 Å². The molecule has 0 radical (unpaired) electrons. The molecule has 17 heavy (non-hydrogen) atoms. The predicted octanol–water partition coefficient (Wildman–Crippen LogP) is 2.40. The first-order valence-electron chi connectivity index (χ1n) is 5.67. The average molecular weight is 230 g/mol. The van der Waals surface area contributed by atoms with Crippen molar-refractivity contribution in [3.8, 4) is 11.5 Å². The van der Waals surface area contributed by atoms with E-state index in [1.54, 1.807) is 0 Å². The first-order valence-corrected chi connectivity index (χ1v) is 5.67. The number of hydrogen-bond acceptors (Lipinski definition) is 3. The third-order valence-electron chi connectivity index (χ3n) is 2.70. The minimum Gasteiger partial charge on any atom is -0.486 e. The van der Waals surface area contributed by atoms with Gasteiger partial charge in [-0.15, -0.1) is 0 Å². The number of ether oxygens (including phenoxy) is 2. The van der Waals surface area contributed by atoms with E-state index in [9.17, 15) is 0 Å². The third kappa shape index (κ3) is 2.20. The first kappa shape index (κ1) is 10.1. The Morgan fingerprint density at radius 3 is 2.82 bits per heavy atom. The minimum atomic E-state index is 0.619. The van der Waals surface area contributed by atoms with E-state index in [4.69, 9.17) is 9.47 Å². The Balaban J connectivity index is 1.71. The van der Waals surface area contributed by atoms with Gasteiger partial charge < -0.3 is 19.8 Å². The first-order chi connectivity index (χ1) is 8.42. The van der Waals surface area contributed by atoms with Crippen molar-refractivity contribution < 1.29 is 9.47 Å². The fraction of sp³-hybridized carbons (Fsp3) is 0.231. The molecule has 0 aliphatic carbocycles. The Labute approximate surface area is 99.6 Å². The van der Waals surface area contributed by atoms with Gasteiger partial charge in [0.1, 0.15) is 13.2 Å². The van der Waals surface area contributed by atoms with E-state index >= 15 is 0 Å². The van der Waals surface area contributed by atoms with Crippen LogP contribution in [-0.4, -0.2) is 18.2 Å². The van der Waals surface area contributed by atoms with E-state index in [2.05, 4.69) is 10.3 Å². The summed E-state index contributed by atoms with van der Waals surface area (Å²) in [6.07, 6.45) is 3.89. The van der Waals surface area contributed by atoms with Crippen molar-refractivity contribution in [2.75, 3.05) is 18.5 Å². The molecule has 2 heterocycles. The lowest BCUT2D eigenvalue weighted by Gasteiger charge is -2.19. The molecule has 0 spiro atoms. The Kier molecular flexibility index (Phi) is 2.62. The molecule has 88 valence electrons. The van der Waals surface area contributed by atoms with Crippen LogP contribution in [0.1, 0.15) is 5.56 Å². The Morgan fingerprint density at radius 1 is 1.12 bits per heavy atom. The van der Waals surface area contributed by atoms with Crippen LogP contribution in [0.25, 0.3) is 0 Å². The van der Waals surface area contributed by atoms with Gasteiger partial charge in [0.2, 0.25) is 0 Å². The highest BCUT2D eigenvalue weighted by Gasteiger charge is 2.11. The van der Waals surface area contributed by atoms with Gasteiger partial charge >= 0.3 is 0 Å². The van der Waals surface area contributed by atoms with Gasteiger partial charge in [-0.05, 0) is 23.8 Å². The van der Waals surface area contributed by atoms with Crippen LogP contribution in [0.2, 0.25) is 0 Å². The van der Waals surface area contributed by atoms with Crippen molar-refractivity contribution in [1.29, 1.82) is 0 Å². The third-order valence-corrected chi connectivity index (χ3v) is 2.70. The maximum absolute atomic E-state index is 5.53. The molecule has 0 fully saturated rings. The summed E-state index contributed by atoms with van der Waals surface area (Å²) >= 11 is 0. The van der Waals surface area contributed by atoms with Crippen LogP contribution in [0.4, 0.5) is 5.69 Å². The van der Waals surface area contributed by atoms with Crippen LogP contribution < -0.4 is 14.8 Å². The second kappa shape index (κ2) is 4.41. The van der Waals surface area contributed by atoms with Gasteiger partial charge in [-0.25, -0.2) is 0 Å². The number of hydrogen-bond donors (Lipinski definition) is 2. The molecule has 1 aliphatic heterocycles. The van der Waals surface area contributed by atoms with Gasteiger partial charge in [-0.3, -0.25) is 0 Å². The summed E-state index contributed by atoms with van der Waals surface area (Å²) < 4.78 is 11.0. The molecule has 1 aliphatic rings. The average Bonchev–Trinajstić information content (AvgIpc) is 2.89. The molecular weight excluding hydrogens is 216 g/mol. The molecule has 0 amide bonds. The maximum Gasteiger partial charge on any atom is 0.163 e. The summed E-state index contributed by atoms with van der Waals surface area (Å²) in [5, 5.41) is 3.34. The number of rotatable bonds is 3. The van der Waals surface area contributed by atoms with Crippen LogP contribution in [0, 0.1) is 0 Å². The van der Waals surface area contributed by atoms with Crippen molar-refractivity contribution in [2.45, 2.75) is 6.54 Å². The largest absolute Gasteiger partial charge is 0.486 e. The van der Waals surface area contributed by atoms with Crippen molar-refractivity contribution in [3.05, 3.63) is 42.2 Å². The van der Waals surface area contributed by atoms with Gasteiger partial charge in [-0.2, -0.15) is 0 Å². The number of fused-ring (bicyclic) bond motifs is 1. The summed E-state index contributed by atoms with van der Waals surface area (Å²) in [7, 11) is 0. The number of aromatic amines is 1. The summed E-state index contributed by atoms with van der Waals surface area (Å²) in [4.78, 5) is 3.03. The fourth-order valence-corrected chi connectivity index (χ4v) is 1.83. The SMILES string of the molecule is c1cc(CNc2ccc3c(c2)OCCO3)c[nH]1. The van der Waals surface area contributed by atoms with E-state index in [1.165, 1.54) is 5.56 Å². The van der Waals surface area contributed by atoms with Gasteiger partial charge in [0, 0.05) is 30.7 Å². The second-order valence-electron chi connectivity index (χ2n) is 3.93. The molecule has 0 unspecified atom stereocenters. The van der Waals surface area contributed by atoms with Gasteiger partial charge in [0.25, 0.3) is 0 Å². The van der Waals surface area contributed by atoms with E-state index in [0.717, 1.165) is 23.7 Å². The van der Waals surface area contributed by atoms with Crippen LogP contribution in [-0.2, 0) is 6.54 Å². The molecule has 2 aromatic rings. The van der Waals surface area contributed by atoms with Crippen molar-refractivity contribution in [1.82, 2.24) is 4.98 Å². The zero-order valence-electron chi connectivity index (χ0n) is 9.40. The number of benzene rings is 1. The standard InChI is InChI=1S/C13H14N2O2/c1-2-12-13(17-6-5-16-12)7-11(1)15-9-10-3-4-14-8-10/h1-4,7-8,14-15H,5-6,9H2. The lowest BCUT2D eigenvalue weighted by molar-refractivity contribution is 0.171. The van der Waals surface area contributed by atoms with Crippen molar-refractivity contribution in [3.63, 3.8) is 0 Å². The van der Waals surface area contributed by atoms with Crippen LogP contribution in [0.5, 0.6) is 11.5 Å². The molecule has 0 atom stereocenters. The monoisotopic (exact) mass is 230 g/mol. The maximum atomic E-state index is 5.53. The number of anilines is 1. The Hall–Kier alpha value is -2.10. The van der Waals surface area contributed by atoms with Gasteiger partial charge in [0.15, 0.2) is 11.5 Å². The lowest BCUT2D eigenvalue weighted by Crippen LogP contribution is -2.15. The second-order valence-corrected chi connectivity index (χ2v) is 3.93. The zero-order valence-corrected chi connectivity index (χ0v) is 9.40. The van der Waals surface area contributed by atoms with E-state index < -0.39 is 0 Å². The number of nitrogens with one attached hydrogen (secondary N) is 2. The quantitative estimate of drug-likeness (QED) is 0.851. The van der Waals surface area contributed by atoms with Crippen LogP contribution >= 0.6 is 0 Å². The highest BCUT2D eigenvalue weighted by molar-refractivity contribution is 5.55.